The minimum atomic E-state index is -0.942. The molecule has 268 valence electrons. The lowest BCUT2D eigenvalue weighted by molar-refractivity contribution is -0.149. The van der Waals surface area contributed by atoms with Gasteiger partial charge in [0, 0.05) is 37.9 Å². The van der Waals surface area contributed by atoms with E-state index in [0.29, 0.717) is 24.3 Å². The summed E-state index contributed by atoms with van der Waals surface area (Å²) < 4.78 is 5.73. The van der Waals surface area contributed by atoms with Crippen LogP contribution in [0.2, 0.25) is 0 Å². The number of likely N-dealkylation sites (N-methyl/N-ethyl adjacent to an activating group) is 2. The highest BCUT2D eigenvalue weighted by molar-refractivity contribution is 7.09. The molecule has 2 heterocycles. The van der Waals surface area contributed by atoms with Crippen molar-refractivity contribution in [3.63, 3.8) is 0 Å². The summed E-state index contributed by atoms with van der Waals surface area (Å²) >= 11 is 1.19. The molecule has 4 rings (SSSR count). The Hall–Kier alpha value is -3.84. The summed E-state index contributed by atoms with van der Waals surface area (Å²) in [5, 5.41) is 17.6. The fourth-order valence-corrected chi connectivity index (χ4v) is 7.49. The number of rotatable bonds is 16. The summed E-state index contributed by atoms with van der Waals surface area (Å²) in [6.45, 7) is 7.74. The number of piperidine rings is 1. The maximum Gasteiger partial charge on any atom is 0.306 e. The van der Waals surface area contributed by atoms with Gasteiger partial charge in [0.15, 0.2) is 6.10 Å². The van der Waals surface area contributed by atoms with Crippen molar-refractivity contribution in [1.29, 1.82) is 0 Å². The molecule has 49 heavy (non-hydrogen) atoms. The molecule has 1 saturated heterocycles. The second-order valence-corrected chi connectivity index (χ2v) is 14.9. The van der Waals surface area contributed by atoms with E-state index in [2.05, 4.69) is 15.6 Å². The van der Waals surface area contributed by atoms with Gasteiger partial charge in [0.2, 0.25) is 11.8 Å². The zero-order chi connectivity index (χ0) is 35.9. The van der Waals surface area contributed by atoms with Crippen molar-refractivity contribution in [3.05, 3.63) is 52.0 Å². The highest BCUT2D eigenvalue weighted by Crippen LogP contribution is 2.39. The van der Waals surface area contributed by atoms with E-state index < -0.39 is 41.4 Å². The lowest BCUT2D eigenvalue weighted by Crippen LogP contribution is -2.57. The number of carbonyl (C=O) groups is 5. The number of benzene rings is 1. The van der Waals surface area contributed by atoms with Crippen LogP contribution in [0.3, 0.4) is 0 Å². The van der Waals surface area contributed by atoms with Crippen LogP contribution in [0, 0.1) is 11.8 Å². The number of hydrogen-bond donors (Lipinski definition) is 3. The number of nitrogens with one attached hydrogen (secondary N) is 2. The number of likely N-dealkylation sites (tertiary alicyclic amines) is 1. The molecule has 2 aliphatic rings. The normalized spacial score (nSPS) is 19.6. The third kappa shape index (κ3) is 10.1. The number of carboxylic acids is 1. The van der Waals surface area contributed by atoms with E-state index in [4.69, 9.17) is 4.74 Å². The van der Waals surface area contributed by atoms with Crippen molar-refractivity contribution in [2.24, 2.45) is 11.8 Å². The number of nitrogens with zero attached hydrogens (tertiary/aromatic N) is 3. The molecular weight excluding hydrogens is 646 g/mol. The number of carbonyl (C=O) groups excluding carboxylic acids is 4. The number of aromatic nitrogens is 1. The quantitative estimate of drug-likeness (QED) is 0.219. The molecule has 1 aromatic carbocycles. The molecule has 3 N–H and O–H groups in total. The van der Waals surface area contributed by atoms with E-state index in [0.717, 1.165) is 31.4 Å². The molecule has 3 unspecified atom stereocenters. The molecule has 0 spiro atoms. The average molecular weight is 698 g/mol. The molecule has 0 radical (unpaired) electrons. The van der Waals surface area contributed by atoms with Crippen LogP contribution in [0.15, 0.2) is 35.7 Å². The summed E-state index contributed by atoms with van der Waals surface area (Å²) in [5.41, 5.74) is 0.164. The highest BCUT2D eigenvalue weighted by atomic mass is 32.1. The van der Waals surface area contributed by atoms with Gasteiger partial charge in [0.05, 0.1) is 12.0 Å². The fraction of sp³-hybridized carbons (Fsp3) is 0.611. The topological polar surface area (TPSA) is 158 Å². The van der Waals surface area contributed by atoms with Gasteiger partial charge in [-0.25, -0.2) is 4.98 Å². The van der Waals surface area contributed by atoms with Crippen LogP contribution < -0.4 is 10.6 Å². The average Bonchev–Trinajstić information content (AvgIpc) is 3.65. The molecule has 12 nitrogen and oxygen atoms in total. The van der Waals surface area contributed by atoms with Crippen LogP contribution in [0.1, 0.15) is 99.8 Å². The van der Waals surface area contributed by atoms with Crippen LogP contribution in [-0.4, -0.2) is 93.9 Å². The van der Waals surface area contributed by atoms with Gasteiger partial charge in [-0.3, -0.25) is 28.9 Å². The Bertz CT molecular complexity index is 1480. The van der Waals surface area contributed by atoms with E-state index >= 15 is 0 Å². The molecule has 2 fully saturated rings. The van der Waals surface area contributed by atoms with Crippen LogP contribution in [0.5, 0.6) is 0 Å². The molecular formula is C36H51N5O7S. The number of aliphatic carboxylic acids is 1. The first-order valence-electron chi connectivity index (χ1n) is 17.2. The van der Waals surface area contributed by atoms with E-state index in [9.17, 15) is 29.1 Å². The van der Waals surface area contributed by atoms with Gasteiger partial charge in [-0.2, -0.15) is 0 Å². The first-order chi connectivity index (χ1) is 23.2. The third-order valence-corrected chi connectivity index (χ3v) is 10.6. The van der Waals surface area contributed by atoms with Gasteiger partial charge in [-0.15, -0.1) is 11.3 Å². The minimum Gasteiger partial charge on any atom is -0.481 e. The summed E-state index contributed by atoms with van der Waals surface area (Å²) in [6.07, 6.45) is 4.05. The molecule has 2 aromatic rings. The van der Waals surface area contributed by atoms with Crippen molar-refractivity contribution in [1.82, 2.24) is 25.4 Å². The second-order valence-electron chi connectivity index (χ2n) is 14.0. The number of carboxylic acid groups (broad SMARTS) is 1. The van der Waals surface area contributed by atoms with Crippen molar-refractivity contribution in [2.75, 3.05) is 20.6 Å². The van der Waals surface area contributed by atoms with Crippen LogP contribution >= 0.6 is 11.3 Å². The lowest BCUT2D eigenvalue weighted by atomic mass is 9.95. The van der Waals surface area contributed by atoms with E-state index in [-0.39, 0.29) is 48.4 Å². The number of hydrogen-bond acceptors (Lipinski definition) is 9. The first-order valence-corrected chi connectivity index (χ1v) is 18.1. The van der Waals surface area contributed by atoms with Gasteiger partial charge >= 0.3 is 11.9 Å². The Balaban J connectivity index is 1.47. The molecule has 1 saturated carbocycles. The van der Waals surface area contributed by atoms with Gasteiger partial charge in [-0.1, -0.05) is 57.5 Å². The zero-order valence-corrected chi connectivity index (χ0v) is 30.3. The van der Waals surface area contributed by atoms with Gasteiger partial charge in [-0.05, 0) is 63.6 Å². The third-order valence-electron chi connectivity index (χ3n) is 9.70. The Labute approximate surface area is 293 Å². The number of thiazole rings is 1. The number of esters is 1. The van der Waals surface area contributed by atoms with Gasteiger partial charge in [0.25, 0.3) is 5.91 Å². The number of ether oxygens (including phenoxy) is 1. The largest absolute Gasteiger partial charge is 0.481 e. The minimum absolute atomic E-state index is 0.0271. The van der Waals surface area contributed by atoms with Crippen LogP contribution in [0.25, 0.3) is 0 Å². The molecule has 1 aromatic heterocycles. The van der Waals surface area contributed by atoms with E-state index in [1.807, 2.05) is 56.1 Å². The summed E-state index contributed by atoms with van der Waals surface area (Å²) in [5.74, 6) is -2.89. The van der Waals surface area contributed by atoms with E-state index in [1.165, 1.54) is 18.3 Å². The Morgan fingerprint density at radius 3 is 2.39 bits per heavy atom. The molecule has 3 amide bonds. The first kappa shape index (κ1) is 38.0. The Morgan fingerprint density at radius 1 is 1.10 bits per heavy atom. The smallest absolute Gasteiger partial charge is 0.306 e. The monoisotopic (exact) mass is 697 g/mol. The molecule has 1 aliphatic carbocycles. The fourth-order valence-electron chi connectivity index (χ4n) is 6.65. The maximum absolute atomic E-state index is 13.9. The van der Waals surface area contributed by atoms with Crippen molar-refractivity contribution >= 4 is 41.0 Å². The summed E-state index contributed by atoms with van der Waals surface area (Å²) in [6, 6.07) is 8.47. The van der Waals surface area contributed by atoms with Crippen molar-refractivity contribution in [2.45, 2.75) is 109 Å². The SMILES string of the molecule is CC(=O)O[C@H](C[C@H](C(C)C)N(C)C(=O)C1(NC(=O)C2CCCCN2C)CC1)c1nc(C(=O)NC(Cc2ccccc2)CC(C)C(=O)O)cs1. The molecule has 0 bridgehead atoms. The zero-order valence-electron chi connectivity index (χ0n) is 29.4. The second kappa shape index (κ2) is 16.7. The predicted molar refractivity (Wildman–Crippen MR) is 186 cm³/mol. The Kier molecular flexibility index (Phi) is 12.9. The number of amides is 3. The van der Waals surface area contributed by atoms with Crippen molar-refractivity contribution < 1.29 is 33.8 Å². The summed E-state index contributed by atoms with van der Waals surface area (Å²) in [4.78, 5) is 72.7. The maximum atomic E-state index is 13.9. The van der Waals surface area contributed by atoms with Gasteiger partial charge < -0.3 is 25.4 Å². The van der Waals surface area contributed by atoms with Gasteiger partial charge in [0.1, 0.15) is 16.2 Å². The van der Waals surface area contributed by atoms with Crippen LogP contribution in [0.4, 0.5) is 0 Å². The Morgan fingerprint density at radius 2 is 1.80 bits per heavy atom. The highest BCUT2D eigenvalue weighted by Gasteiger charge is 2.54. The molecule has 5 atom stereocenters. The lowest BCUT2D eigenvalue weighted by Gasteiger charge is -2.37. The van der Waals surface area contributed by atoms with Crippen molar-refractivity contribution in [3.8, 4) is 0 Å². The molecule has 13 heteroatoms. The van der Waals surface area contributed by atoms with E-state index in [1.54, 1.807) is 24.3 Å². The standard InChI is InChI=1S/C36H51N5O7S/c1-22(2)29(41(6)35(47)36(15-16-36)39-32(44)28-14-10-11-17-40(28)5)20-30(48-24(4)42)33-38-27(21-49-33)31(43)37-26(18-23(3)34(45)46)19-25-12-8-7-9-13-25/h7-9,12-13,21-23,26,28-30H,10-11,14-20H2,1-6H3,(H,37,43)(H,39,44)(H,45,46)/t23?,26?,28?,29-,30-/m1/s1. The van der Waals surface area contributed by atoms with Crippen LogP contribution in [-0.2, 0) is 30.3 Å². The summed E-state index contributed by atoms with van der Waals surface area (Å²) in [7, 11) is 3.67. The predicted octanol–water partition coefficient (Wildman–Crippen LogP) is 4.21. The molecule has 1 aliphatic heterocycles.